The maximum atomic E-state index is 11.5. The maximum absolute atomic E-state index is 11.5. The van der Waals surface area contributed by atoms with E-state index in [1.807, 2.05) is 19.0 Å². The predicted octanol–water partition coefficient (Wildman–Crippen LogP) is 0.605. The Hall–Kier alpha value is -1.47. The molecule has 108 valence electrons. The van der Waals surface area contributed by atoms with E-state index in [1.165, 1.54) is 7.05 Å². The molecule has 1 rings (SSSR count). The monoisotopic (exact) mass is 287 g/mol. The Balaban J connectivity index is 2.89. The largest absolute Gasteiger partial charge is 0.492 e. The van der Waals surface area contributed by atoms with E-state index in [-0.39, 0.29) is 0 Å². The van der Waals surface area contributed by atoms with Gasteiger partial charge in [0, 0.05) is 19.7 Å². The number of rotatable bonds is 6. The first-order valence-electron chi connectivity index (χ1n) is 5.83. The molecule has 0 aliphatic heterocycles. The van der Waals surface area contributed by atoms with Gasteiger partial charge < -0.3 is 15.4 Å². The highest BCUT2D eigenvalue weighted by Crippen LogP contribution is 2.28. The summed E-state index contributed by atoms with van der Waals surface area (Å²) in [5.74, 6) is 0.599. The second-order valence-corrected chi connectivity index (χ2v) is 6.62. The molecule has 1 aromatic rings. The SMILES string of the molecule is CN(C)CCOc1ccc(N)c(N(C)S(C)(=O)=O)c1. The number of nitrogens with zero attached hydrogens (tertiary/aromatic N) is 2. The summed E-state index contributed by atoms with van der Waals surface area (Å²) in [5.41, 5.74) is 6.61. The summed E-state index contributed by atoms with van der Waals surface area (Å²) >= 11 is 0. The Bertz CT molecular complexity index is 529. The molecule has 0 aliphatic rings. The van der Waals surface area contributed by atoms with Crippen LogP contribution < -0.4 is 14.8 Å². The minimum absolute atomic E-state index is 0.396. The van der Waals surface area contributed by atoms with Gasteiger partial charge in [0.05, 0.1) is 17.6 Å². The van der Waals surface area contributed by atoms with Crippen molar-refractivity contribution in [1.29, 1.82) is 0 Å². The third-order valence-corrected chi connectivity index (χ3v) is 3.84. The van der Waals surface area contributed by atoms with E-state index < -0.39 is 10.0 Å². The number of anilines is 2. The van der Waals surface area contributed by atoms with Gasteiger partial charge in [0.1, 0.15) is 12.4 Å². The van der Waals surface area contributed by atoms with Gasteiger partial charge in [0.15, 0.2) is 0 Å². The zero-order valence-electron chi connectivity index (χ0n) is 11.8. The highest BCUT2D eigenvalue weighted by Gasteiger charge is 2.15. The van der Waals surface area contributed by atoms with Crippen LogP contribution in [0.1, 0.15) is 0 Å². The van der Waals surface area contributed by atoms with Crippen LogP contribution in [0.5, 0.6) is 5.75 Å². The number of likely N-dealkylation sites (N-methyl/N-ethyl adjacent to an activating group) is 1. The molecule has 1 aromatic carbocycles. The molecule has 0 amide bonds. The smallest absolute Gasteiger partial charge is 0.232 e. The molecule has 7 heteroatoms. The van der Waals surface area contributed by atoms with E-state index >= 15 is 0 Å². The van der Waals surface area contributed by atoms with E-state index in [0.717, 1.165) is 17.1 Å². The summed E-state index contributed by atoms with van der Waals surface area (Å²) in [5, 5.41) is 0. The lowest BCUT2D eigenvalue weighted by Crippen LogP contribution is -2.25. The van der Waals surface area contributed by atoms with Crippen molar-refractivity contribution in [3.63, 3.8) is 0 Å². The number of nitrogen functional groups attached to an aromatic ring is 1. The summed E-state index contributed by atoms with van der Waals surface area (Å²) < 4.78 is 29.7. The molecule has 0 unspecified atom stereocenters. The number of ether oxygens (including phenoxy) is 1. The average Bonchev–Trinajstić information content (AvgIpc) is 2.28. The van der Waals surface area contributed by atoms with Crippen molar-refractivity contribution in [3.05, 3.63) is 18.2 Å². The molecule has 2 N–H and O–H groups in total. The molecule has 0 saturated heterocycles. The van der Waals surface area contributed by atoms with Crippen LogP contribution in [0.15, 0.2) is 18.2 Å². The van der Waals surface area contributed by atoms with Crippen molar-refractivity contribution in [1.82, 2.24) is 4.90 Å². The third kappa shape index (κ3) is 4.60. The molecule has 0 fully saturated rings. The van der Waals surface area contributed by atoms with Crippen LogP contribution in [0.25, 0.3) is 0 Å². The van der Waals surface area contributed by atoms with Gasteiger partial charge in [-0.2, -0.15) is 0 Å². The minimum atomic E-state index is -3.34. The van der Waals surface area contributed by atoms with Crippen molar-refractivity contribution in [2.24, 2.45) is 0 Å². The molecule has 0 aromatic heterocycles. The maximum Gasteiger partial charge on any atom is 0.232 e. The Kier molecular flexibility index (Phi) is 5.02. The van der Waals surface area contributed by atoms with E-state index in [0.29, 0.717) is 23.7 Å². The van der Waals surface area contributed by atoms with Crippen LogP contribution in [0.2, 0.25) is 0 Å². The lowest BCUT2D eigenvalue weighted by Gasteiger charge is -2.19. The molecule has 0 radical (unpaired) electrons. The van der Waals surface area contributed by atoms with E-state index in [1.54, 1.807) is 18.2 Å². The number of nitrogens with two attached hydrogens (primary N) is 1. The van der Waals surface area contributed by atoms with Gasteiger partial charge in [-0.25, -0.2) is 8.42 Å². The molecule has 6 nitrogen and oxygen atoms in total. The van der Waals surface area contributed by atoms with Crippen LogP contribution in [0.3, 0.4) is 0 Å². The standard InChI is InChI=1S/C12H21N3O3S/c1-14(2)7-8-18-10-5-6-11(13)12(9-10)15(3)19(4,16)17/h5-6,9H,7-8,13H2,1-4H3. The predicted molar refractivity (Wildman–Crippen MR) is 78.2 cm³/mol. The van der Waals surface area contributed by atoms with Crippen molar-refractivity contribution >= 4 is 21.4 Å². The van der Waals surface area contributed by atoms with Gasteiger partial charge in [-0.3, -0.25) is 4.31 Å². The summed E-state index contributed by atoms with van der Waals surface area (Å²) in [6, 6.07) is 5.00. The van der Waals surface area contributed by atoms with Crippen LogP contribution in [0, 0.1) is 0 Å². The first-order valence-corrected chi connectivity index (χ1v) is 7.67. The summed E-state index contributed by atoms with van der Waals surface area (Å²) in [4.78, 5) is 2.00. The van der Waals surface area contributed by atoms with Crippen molar-refractivity contribution in [2.45, 2.75) is 0 Å². The highest BCUT2D eigenvalue weighted by atomic mass is 32.2. The quantitative estimate of drug-likeness (QED) is 0.776. The zero-order chi connectivity index (χ0) is 14.6. The van der Waals surface area contributed by atoms with Crippen molar-refractivity contribution < 1.29 is 13.2 Å². The van der Waals surface area contributed by atoms with Crippen LogP contribution in [-0.4, -0.2) is 53.9 Å². The number of hydrogen-bond acceptors (Lipinski definition) is 5. The molecular weight excluding hydrogens is 266 g/mol. The third-order valence-electron chi connectivity index (χ3n) is 2.65. The number of benzene rings is 1. The molecule has 0 bridgehead atoms. The second kappa shape index (κ2) is 6.12. The molecule has 19 heavy (non-hydrogen) atoms. The van der Waals surface area contributed by atoms with Gasteiger partial charge in [-0.15, -0.1) is 0 Å². The molecule has 0 heterocycles. The fraction of sp³-hybridized carbons (Fsp3) is 0.500. The molecule has 0 saturated carbocycles. The van der Waals surface area contributed by atoms with Crippen molar-refractivity contribution in [2.75, 3.05) is 50.6 Å². The molecule has 0 spiro atoms. The lowest BCUT2D eigenvalue weighted by molar-refractivity contribution is 0.261. The fourth-order valence-electron chi connectivity index (χ4n) is 1.41. The van der Waals surface area contributed by atoms with Gasteiger partial charge >= 0.3 is 0 Å². The van der Waals surface area contributed by atoms with Gasteiger partial charge in [-0.05, 0) is 26.2 Å². The van der Waals surface area contributed by atoms with E-state index in [4.69, 9.17) is 10.5 Å². The topological polar surface area (TPSA) is 75.9 Å². The minimum Gasteiger partial charge on any atom is -0.492 e. The highest BCUT2D eigenvalue weighted by molar-refractivity contribution is 7.92. The van der Waals surface area contributed by atoms with Gasteiger partial charge in [0.2, 0.25) is 10.0 Å². The Labute approximate surface area is 114 Å². The van der Waals surface area contributed by atoms with E-state index in [9.17, 15) is 8.42 Å². The summed E-state index contributed by atoms with van der Waals surface area (Å²) in [6.07, 6.45) is 1.13. The van der Waals surface area contributed by atoms with Gasteiger partial charge in [-0.1, -0.05) is 0 Å². The number of sulfonamides is 1. The zero-order valence-corrected chi connectivity index (χ0v) is 12.6. The summed E-state index contributed by atoms with van der Waals surface area (Å²) in [7, 11) is 2.03. The average molecular weight is 287 g/mol. The van der Waals surface area contributed by atoms with Crippen LogP contribution in [0.4, 0.5) is 11.4 Å². The van der Waals surface area contributed by atoms with Crippen LogP contribution >= 0.6 is 0 Å². The lowest BCUT2D eigenvalue weighted by atomic mass is 10.2. The van der Waals surface area contributed by atoms with Gasteiger partial charge in [0.25, 0.3) is 0 Å². The second-order valence-electron chi connectivity index (χ2n) is 4.60. The fourth-order valence-corrected chi connectivity index (χ4v) is 1.93. The summed E-state index contributed by atoms with van der Waals surface area (Å²) in [6.45, 7) is 1.31. The Morgan fingerprint density at radius 2 is 1.89 bits per heavy atom. The number of hydrogen-bond donors (Lipinski definition) is 1. The first-order chi connectivity index (χ1) is 8.71. The first kappa shape index (κ1) is 15.6. The Morgan fingerprint density at radius 1 is 1.26 bits per heavy atom. The van der Waals surface area contributed by atoms with Crippen molar-refractivity contribution in [3.8, 4) is 5.75 Å². The Morgan fingerprint density at radius 3 is 2.42 bits per heavy atom. The molecule has 0 aliphatic carbocycles. The molecular formula is C12H21N3O3S. The van der Waals surface area contributed by atoms with Crippen LogP contribution in [-0.2, 0) is 10.0 Å². The van der Waals surface area contributed by atoms with E-state index in [2.05, 4.69) is 0 Å². The molecule has 0 atom stereocenters. The normalized spacial score (nSPS) is 11.6.